The molecular formula is C69H85N5O27. The highest BCUT2D eigenvalue weighted by atomic mass is 16.5. The highest BCUT2D eigenvalue weighted by Gasteiger charge is 2.40. The van der Waals surface area contributed by atoms with Gasteiger partial charge in [-0.25, -0.2) is 24.4 Å². The minimum atomic E-state index is -1.05. The van der Waals surface area contributed by atoms with Crippen LogP contribution in [0.15, 0.2) is 64.6 Å². The zero-order chi connectivity index (χ0) is 74.9. The maximum absolute atomic E-state index is 11.2. The molecule has 5 saturated carbocycles. The number of fused-ring (bicyclic) bond motifs is 4. The molecule has 32 nitrogen and oxygen atoms in total. The van der Waals surface area contributed by atoms with E-state index in [1.807, 2.05) is 0 Å². The number of aromatic nitrogens is 2. The first-order chi connectivity index (χ1) is 47.9. The number of nitrogens with two attached hydrogens (primary N) is 1. The predicted octanol–water partition coefficient (Wildman–Crippen LogP) is 5.96. The van der Waals surface area contributed by atoms with Crippen molar-refractivity contribution < 1.29 is 132 Å². The molecule has 11 N–H and O–H groups in total. The molecule has 5 fully saturated rings. The maximum Gasteiger partial charge on any atom is 0.337 e. The van der Waals surface area contributed by atoms with E-state index >= 15 is 0 Å². The Morgan fingerprint density at radius 3 is 1.27 bits per heavy atom. The number of ketones is 3. The lowest BCUT2D eigenvalue weighted by Crippen LogP contribution is -2.42. The zero-order valence-electron chi connectivity index (χ0n) is 56.5. The number of carboxylic acid groups (broad SMARTS) is 7. The van der Waals surface area contributed by atoms with E-state index in [1.165, 1.54) is 91.2 Å². The van der Waals surface area contributed by atoms with E-state index in [0.29, 0.717) is 138 Å². The summed E-state index contributed by atoms with van der Waals surface area (Å²) in [5.74, 6) is -8.34. The number of phenols is 2. The fourth-order valence-electron chi connectivity index (χ4n) is 12.0. The van der Waals surface area contributed by atoms with Crippen LogP contribution in [-0.4, -0.2) is 211 Å². The molecule has 1 aliphatic heterocycles. The van der Waals surface area contributed by atoms with Crippen molar-refractivity contribution in [3.63, 3.8) is 0 Å². The summed E-state index contributed by atoms with van der Waals surface area (Å²) in [4.78, 5) is 149. The number of benzene rings is 3. The minimum absolute atomic E-state index is 0.00449. The third-order valence-corrected chi connectivity index (χ3v) is 17.9. The van der Waals surface area contributed by atoms with E-state index in [9.17, 15) is 62.6 Å². The molecule has 0 saturated heterocycles. The molecule has 0 radical (unpaired) electrons. The predicted molar refractivity (Wildman–Crippen MR) is 354 cm³/mol. The van der Waals surface area contributed by atoms with Gasteiger partial charge >= 0.3 is 53.7 Å². The lowest BCUT2D eigenvalue weighted by Gasteiger charge is -2.35. The van der Waals surface area contributed by atoms with Gasteiger partial charge in [0, 0.05) is 51.3 Å². The number of hydrogen-bond donors (Lipinski definition) is 10. The highest BCUT2D eigenvalue weighted by molar-refractivity contribution is 6.02. The molecule has 4 aromatic rings. The Labute approximate surface area is 578 Å². The fraction of sp³-hybridized carbons (Fsp3) is 0.507. The van der Waals surface area contributed by atoms with Crippen molar-refractivity contribution in [2.75, 3.05) is 42.7 Å². The van der Waals surface area contributed by atoms with E-state index in [4.69, 9.17) is 65.5 Å². The average molecular weight is 1420 g/mol. The van der Waals surface area contributed by atoms with Crippen LogP contribution in [-0.2, 0) is 74.9 Å². The number of phenolic OH excluding ortho intramolecular Hbond substituents is 2. The number of aromatic carboxylic acids is 2. The second-order valence-corrected chi connectivity index (χ2v) is 24.4. The number of esters is 2. The first-order valence-electron chi connectivity index (χ1n) is 32.2. The van der Waals surface area contributed by atoms with Gasteiger partial charge in [-0.15, -0.1) is 0 Å². The van der Waals surface area contributed by atoms with Crippen LogP contribution in [0.1, 0.15) is 145 Å². The van der Waals surface area contributed by atoms with Crippen LogP contribution in [0.2, 0.25) is 0 Å². The number of aryl methyl sites for hydroxylation is 1. The Hall–Kier alpha value is -10.3. The number of aromatic hydroxyl groups is 2. The molecule has 11 atom stereocenters. The number of aliphatic carboxylic acids is 5. The monoisotopic (exact) mass is 1420 g/mol. The Balaban J connectivity index is 0.000000215. The molecular weight excluding hydrogens is 1330 g/mol. The lowest BCUT2D eigenvalue weighted by atomic mass is 9.79. The number of carbonyl (C=O) groups is 12. The summed E-state index contributed by atoms with van der Waals surface area (Å²) < 4.78 is 28.5. The summed E-state index contributed by atoms with van der Waals surface area (Å²) in [6.45, 7) is 0. The second-order valence-electron chi connectivity index (χ2n) is 24.4. The van der Waals surface area contributed by atoms with Gasteiger partial charge in [-0.2, -0.15) is 0 Å². The molecule has 0 amide bonds. The summed E-state index contributed by atoms with van der Waals surface area (Å²) in [5, 5.41) is 80.3. The number of Topliss-reactive ketones (excluding diaryl/α,β-unsaturated/α-hetero) is 3. The quantitative estimate of drug-likeness (QED) is 0.0690. The van der Waals surface area contributed by atoms with Gasteiger partial charge in [0.25, 0.3) is 0 Å². The molecule has 3 aromatic carbocycles. The Bertz CT molecular complexity index is 3710. The van der Waals surface area contributed by atoms with Crippen molar-refractivity contribution in [3.05, 3.63) is 82.7 Å². The van der Waals surface area contributed by atoms with Gasteiger partial charge in [-0.1, -0.05) is 0 Å². The standard InChI is InChI=1S/C14H18N2O4.C14H12N2O4.C9H14O4.C9H10O4.C8H12O4.C8H8O4.C7H11NO3/c2*17-13(18)7-1-3-9-11(5-7)16-10-4-2-8(14(19)20)6-12(10)15-9;2*1-12-8-5-6(9(11)13-2)3-4-7(8)10;2*1-12-7-4-5(8(10)11)2-3-6(7)9;8-5-3-4(7(10)11)1-2-6(5)9/h7-8,11-12H,1-6H2,(H,17,18)(H,19,20);1,3,5,8H,2,4,6H2,(H,17,18)(H,19,20);6,8H,3-5H2,1-2H3;3-5,10H,1-2H3;5,7H,2-4H2,1H3,(H,10,11);2-4,9H,1H3,(H,10,11);4-5H,1-3,8H2,(H,10,11). The Morgan fingerprint density at radius 1 is 0.426 bits per heavy atom. The van der Waals surface area contributed by atoms with Crippen LogP contribution < -0.4 is 15.2 Å². The van der Waals surface area contributed by atoms with Crippen molar-refractivity contribution >= 4 is 93.5 Å². The van der Waals surface area contributed by atoms with Gasteiger partial charge in [0.05, 0.1) is 121 Å². The molecule has 7 aliphatic rings. The largest absolute Gasteiger partial charge is 0.504 e. The highest BCUT2D eigenvalue weighted by Crippen LogP contribution is 2.35. The number of carboxylic acids is 7. The molecule has 1 aromatic heterocycles. The number of nitrogens with zero attached hydrogens (tertiary/aromatic N) is 4. The summed E-state index contributed by atoms with van der Waals surface area (Å²) in [5.41, 5.74) is 10.6. The third kappa shape index (κ3) is 23.7. The molecule has 101 heavy (non-hydrogen) atoms. The number of aliphatic imine (C=N–C) groups is 2. The summed E-state index contributed by atoms with van der Waals surface area (Å²) in [6.07, 6.45) is 7.85. The minimum Gasteiger partial charge on any atom is -0.504 e. The van der Waals surface area contributed by atoms with Gasteiger partial charge in [0.2, 0.25) is 0 Å². The topological polar surface area (TPSA) is 519 Å². The molecule has 0 bridgehead atoms. The van der Waals surface area contributed by atoms with Gasteiger partial charge in [-0.05, 0) is 144 Å². The van der Waals surface area contributed by atoms with Crippen LogP contribution in [0.4, 0.5) is 0 Å². The summed E-state index contributed by atoms with van der Waals surface area (Å²) in [6, 6.07) is 12.0. The summed E-state index contributed by atoms with van der Waals surface area (Å²) in [7, 11) is 8.36. The zero-order valence-corrected chi connectivity index (χ0v) is 56.5. The van der Waals surface area contributed by atoms with E-state index in [1.54, 1.807) is 6.07 Å². The van der Waals surface area contributed by atoms with Crippen molar-refractivity contribution in [2.24, 2.45) is 51.2 Å². The van der Waals surface area contributed by atoms with Crippen molar-refractivity contribution in [1.29, 1.82) is 0 Å². The molecule has 6 aliphatic carbocycles. The molecule has 2 heterocycles. The molecule has 32 heteroatoms. The smallest absolute Gasteiger partial charge is 0.337 e. The van der Waals surface area contributed by atoms with E-state index in [0.717, 1.165) is 17.1 Å². The first kappa shape index (κ1) is 81.3. The number of hydrogen-bond acceptors (Lipinski definition) is 25. The van der Waals surface area contributed by atoms with E-state index in [-0.39, 0.29) is 87.3 Å². The van der Waals surface area contributed by atoms with Gasteiger partial charge in [0.15, 0.2) is 34.6 Å². The fourth-order valence-corrected chi connectivity index (χ4v) is 12.0. The normalized spacial score (nSPS) is 23.8. The molecule has 11 unspecified atom stereocenters. The molecule has 0 spiro atoms. The van der Waals surface area contributed by atoms with Gasteiger partial charge < -0.3 is 80.1 Å². The average Bonchev–Trinajstić information content (AvgIpc) is 0.793. The van der Waals surface area contributed by atoms with Crippen LogP contribution in [0.5, 0.6) is 23.0 Å². The number of rotatable bonds is 13. The van der Waals surface area contributed by atoms with Gasteiger partial charge in [-0.3, -0.25) is 53.1 Å². The van der Waals surface area contributed by atoms with Crippen molar-refractivity contribution in [3.8, 4) is 23.0 Å². The third-order valence-electron chi connectivity index (χ3n) is 17.9. The number of ether oxygens (including phenoxy) is 6. The SMILES string of the molecule is COC(=O)C1CCC(=O)C(OC)C1.COC(=O)c1ccc(O)c(OC)c1.COC1CC(C(=O)O)CCC1=O.COc1cc(C(=O)O)ccc1O.NC1CC(C(=O)O)CCC1=O.O=C(O)C1CCC2=NC3CC(C(=O)O)CCC3=NC2C1.O=C(O)c1ccc2nc3c(nc2c1)CCC(C(=O)O)C3. The van der Waals surface area contributed by atoms with Crippen LogP contribution in [0.3, 0.4) is 0 Å². The Kier molecular flexibility index (Phi) is 31.3. The van der Waals surface area contributed by atoms with E-state index < -0.39 is 83.8 Å². The number of carbonyl (C=O) groups excluding carboxylic acids is 5. The van der Waals surface area contributed by atoms with Crippen LogP contribution in [0, 0.1) is 35.5 Å². The van der Waals surface area contributed by atoms with Gasteiger partial charge in [0.1, 0.15) is 18.0 Å². The van der Waals surface area contributed by atoms with Crippen LogP contribution in [0.25, 0.3) is 11.0 Å². The van der Waals surface area contributed by atoms with Crippen molar-refractivity contribution in [2.45, 2.75) is 146 Å². The number of methoxy groups -OCH3 is 6. The van der Waals surface area contributed by atoms with Crippen LogP contribution >= 0.6 is 0 Å². The second kappa shape index (κ2) is 38.9. The Morgan fingerprint density at radius 2 is 0.822 bits per heavy atom. The molecule has 548 valence electrons. The maximum atomic E-state index is 11.2. The first-order valence-corrected chi connectivity index (χ1v) is 32.2. The molecule has 11 rings (SSSR count). The van der Waals surface area contributed by atoms with E-state index in [2.05, 4.69) is 29.4 Å². The lowest BCUT2D eigenvalue weighted by molar-refractivity contribution is -0.151. The summed E-state index contributed by atoms with van der Waals surface area (Å²) >= 11 is 0. The van der Waals surface area contributed by atoms with Crippen molar-refractivity contribution in [1.82, 2.24) is 9.97 Å².